The van der Waals surface area contributed by atoms with Crippen LogP contribution < -0.4 is 4.72 Å². The molecule has 2 fully saturated rings. The minimum Gasteiger partial charge on any atom is -0.377 e. The summed E-state index contributed by atoms with van der Waals surface area (Å²) in [5, 5.41) is 0. The van der Waals surface area contributed by atoms with E-state index in [-0.39, 0.29) is 18.3 Å². The zero-order valence-electron chi connectivity index (χ0n) is 12.5. The predicted octanol–water partition coefficient (Wildman–Crippen LogP) is 2.14. The minimum absolute atomic E-state index is 0.0423. The lowest BCUT2D eigenvalue weighted by atomic mass is 9.65. The maximum absolute atomic E-state index is 11.8. The Morgan fingerprint density at radius 1 is 1.38 bits per heavy atom. The maximum Gasteiger partial charge on any atom is 0.236 e. The molecule has 0 bridgehead atoms. The van der Waals surface area contributed by atoms with E-state index in [0.717, 1.165) is 19.4 Å². The molecule has 0 aromatic heterocycles. The molecular formula is C15H25NO4S. The van der Waals surface area contributed by atoms with Gasteiger partial charge in [-0.2, -0.15) is 0 Å². The monoisotopic (exact) mass is 315 g/mol. The molecule has 1 atom stereocenters. The lowest BCUT2D eigenvalue weighted by molar-refractivity contribution is -0.130. The summed E-state index contributed by atoms with van der Waals surface area (Å²) >= 11 is 0. The molecule has 1 saturated carbocycles. The number of unbranched alkanes of at least 4 members (excludes halogenated alkanes) is 1. The molecular weight excluding hydrogens is 290 g/mol. The quantitative estimate of drug-likeness (QED) is 0.577. The van der Waals surface area contributed by atoms with Crippen LogP contribution in [0.1, 0.15) is 51.4 Å². The lowest BCUT2D eigenvalue weighted by Crippen LogP contribution is -2.43. The predicted molar refractivity (Wildman–Crippen MR) is 81.2 cm³/mol. The molecule has 21 heavy (non-hydrogen) atoms. The van der Waals surface area contributed by atoms with E-state index < -0.39 is 15.9 Å². The average Bonchev–Trinajstić information content (AvgIpc) is 2.37. The largest absolute Gasteiger partial charge is 0.377 e. The van der Waals surface area contributed by atoms with Gasteiger partial charge in [-0.25, -0.2) is 8.42 Å². The van der Waals surface area contributed by atoms with E-state index in [2.05, 4.69) is 11.3 Å². The number of allylic oxidation sites excluding steroid dienone is 1. The van der Waals surface area contributed by atoms with Crippen molar-refractivity contribution in [3.63, 3.8) is 0 Å². The van der Waals surface area contributed by atoms with Gasteiger partial charge in [0.2, 0.25) is 15.9 Å². The van der Waals surface area contributed by atoms with Crippen LogP contribution in [0.3, 0.4) is 0 Å². The van der Waals surface area contributed by atoms with E-state index in [0.29, 0.717) is 18.3 Å². The Morgan fingerprint density at radius 3 is 2.67 bits per heavy atom. The van der Waals surface area contributed by atoms with Gasteiger partial charge in [0.15, 0.2) is 0 Å². The van der Waals surface area contributed by atoms with Gasteiger partial charge in [0.1, 0.15) is 0 Å². The van der Waals surface area contributed by atoms with Gasteiger partial charge in [-0.05, 0) is 43.9 Å². The average molecular weight is 315 g/mol. The molecule has 1 saturated heterocycles. The van der Waals surface area contributed by atoms with Crippen molar-refractivity contribution in [2.45, 2.75) is 57.5 Å². The van der Waals surface area contributed by atoms with Gasteiger partial charge in [0, 0.05) is 0 Å². The summed E-state index contributed by atoms with van der Waals surface area (Å²) in [4.78, 5) is 11.8. The van der Waals surface area contributed by atoms with Crippen molar-refractivity contribution in [1.29, 1.82) is 0 Å². The molecule has 120 valence electrons. The van der Waals surface area contributed by atoms with Gasteiger partial charge in [-0.15, -0.1) is 6.58 Å². The van der Waals surface area contributed by atoms with Crippen molar-refractivity contribution in [3.05, 3.63) is 12.7 Å². The van der Waals surface area contributed by atoms with Crippen molar-refractivity contribution < 1.29 is 17.9 Å². The van der Waals surface area contributed by atoms with Crippen molar-refractivity contribution in [2.24, 2.45) is 5.41 Å². The van der Waals surface area contributed by atoms with Gasteiger partial charge in [0.25, 0.3) is 0 Å². The number of rotatable bonds is 7. The van der Waals surface area contributed by atoms with Gasteiger partial charge < -0.3 is 4.74 Å². The molecule has 6 heteroatoms. The van der Waals surface area contributed by atoms with Crippen LogP contribution in [0.25, 0.3) is 0 Å². The Kier molecular flexibility index (Phi) is 5.43. The highest BCUT2D eigenvalue weighted by atomic mass is 32.2. The summed E-state index contributed by atoms with van der Waals surface area (Å²) in [5.41, 5.74) is 0.365. The molecule has 5 nitrogen and oxygen atoms in total. The van der Waals surface area contributed by atoms with Gasteiger partial charge in [0.05, 0.1) is 24.9 Å². The fourth-order valence-corrected chi connectivity index (χ4v) is 4.12. The summed E-state index contributed by atoms with van der Waals surface area (Å²) in [6, 6.07) is 0. The second-order valence-corrected chi connectivity index (χ2v) is 8.15. The molecule has 0 radical (unpaired) electrons. The summed E-state index contributed by atoms with van der Waals surface area (Å²) in [6.07, 6.45) is 8.45. The minimum atomic E-state index is -3.52. The molecule has 1 unspecified atom stereocenters. The summed E-state index contributed by atoms with van der Waals surface area (Å²) in [7, 11) is -3.52. The maximum atomic E-state index is 11.8. The number of sulfonamides is 1. The van der Waals surface area contributed by atoms with Gasteiger partial charge >= 0.3 is 0 Å². The van der Waals surface area contributed by atoms with E-state index in [1.54, 1.807) is 6.08 Å². The standard InChI is InChI=1S/C15H25NO4S/c1-2-3-4-10-21(18,19)16-14(17)11-13-6-9-15(12-20-13)7-5-8-15/h2,13H,1,3-12H2,(H,16,17). The normalized spacial score (nSPS) is 24.3. The van der Waals surface area contributed by atoms with E-state index in [4.69, 9.17) is 4.74 Å². The molecule has 0 aromatic rings. The van der Waals surface area contributed by atoms with Gasteiger partial charge in [-0.1, -0.05) is 12.5 Å². The molecule has 2 aliphatic rings. The molecule has 1 heterocycles. The summed E-state index contributed by atoms with van der Waals surface area (Å²) in [5.74, 6) is -0.498. The van der Waals surface area contributed by atoms with Gasteiger partial charge in [-0.3, -0.25) is 9.52 Å². The van der Waals surface area contributed by atoms with E-state index >= 15 is 0 Å². The highest BCUT2D eigenvalue weighted by Gasteiger charge is 2.41. The first kappa shape index (κ1) is 16.5. The zero-order chi connectivity index (χ0) is 15.3. The number of nitrogens with one attached hydrogen (secondary N) is 1. The first-order valence-corrected chi connectivity index (χ1v) is 9.36. The van der Waals surface area contributed by atoms with E-state index in [9.17, 15) is 13.2 Å². The van der Waals surface area contributed by atoms with Crippen LogP contribution >= 0.6 is 0 Å². The highest BCUT2D eigenvalue weighted by molar-refractivity contribution is 7.90. The lowest BCUT2D eigenvalue weighted by Gasteiger charge is -2.46. The van der Waals surface area contributed by atoms with Crippen LogP contribution in [0, 0.1) is 5.41 Å². The number of ether oxygens (including phenoxy) is 1. The molecule has 1 N–H and O–H groups in total. The molecule has 1 aliphatic carbocycles. The van der Waals surface area contributed by atoms with E-state index in [1.807, 2.05) is 0 Å². The summed E-state index contributed by atoms with van der Waals surface area (Å²) < 4.78 is 31.3. The molecule has 1 amide bonds. The number of amides is 1. The Morgan fingerprint density at radius 2 is 2.14 bits per heavy atom. The number of hydrogen-bond donors (Lipinski definition) is 1. The second kappa shape index (κ2) is 6.92. The van der Waals surface area contributed by atoms with Crippen molar-refractivity contribution >= 4 is 15.9 Å². The van der Waals surface area contributed by atoms with Crippen LogP contribution in [-0.4, -0.2) is 32.8 Å². The first-order chi connectivity index (χ1) is 9.95. The number of carbonyl (C=O) groups excluding carboxylic acids is 1. The SMILES string of the molecule is C=CCCCS(=O)(=O)NC(=O)CC1CCC2(CCC2)CO1. The highest BCUT2D eigenvalue weighted by Crippen LogP contribution is 2.48. The number of hydrogen-bond acceptors (Lipinski definition) is 4. The third kappa shape index (κ3) is 4.81. The second-order valence-electron chi connectivity index (χ2n) is 6.30. The Labute approximate surface area is 127 Å². The van der Waals surface area contributed by atoms with Crippen LogP contribution in [0.2, 0.25) is 0 Å². The third-order valence-electron chi connectivity index (χ3n) is 4.54. The van der Waals surface area contributed by atoms with Crippen molar-refractivity contribution in [1.82, 2.24) is 4.72 Å². The fraction of sp³-hybridized carbons (Fsp3) is 0.800. The van der Waals surface area contributed by atoms with Crippen LogP contribution in [0.15, 0.2) is 12.7 Å². The molecule has 1 spiro atoms. The Balaban J connectivity index is 1.70. The first-order valence-electron chi connectivity index (χ1n) is 7.71. The number of carbonyl (C=O) groups is 1. The van der Waals surface area contributed by atoms with E-state index in [1.165, 1.54) is 19.3 Å². The molecule has 2 rings (SSSR count). The van der Waals surface area contributed by atoms with Crippen LogP contribution in [-0.2, 0) is 19.6 Å². The van der Waals surface area contributed by atoms with Crippen molar-refractivity contribution in [2.75, 3.05) is 12.4 Å². The van der Waals surface area contributed by atoms with Crippen molar-refractivity contribution in [3.8, 4) is 0 Å². The summed E-state index contributed by atoms with van der Waals surface area (Å²) in [6.45, 7) is 4.26. The smallest absolute Gasteiger partial charge is 0.236 e. The molecule has 1 aliphatic heterocycles. The topological polar surface area (TPSA) is 72.5 Å². The molecule has 0 aromatic carbocycles. The third-order valence-corrected chi connectivity index (χ3v) is 5.90. The van der Waals surface area contributed by atoms with Crippen LogP contribution in [0.4, 0.5) is 0 Å². The Hall–Kier alpha value is -0.880. The van der Waals surface area contributed by atoms with Crippen LogP contribution in [0.5, 0.6) is 0 Å². The zero-order valence-corrected chi connectivity index (χ0v) is 13.3. The Bertz CT molecular complexity index is 472. The fourth-order valence-electron chi connectivity index (χ4n) is 3.04.